The van der Waals surface area contributed by atoms with Gasteiger partial charge in [-0.2, -0.15) is 0 Å². The molecule has 3 heteroatoms. The van der Waals surface area contributed by atoms with Gasteiger partial charge in [-0.05, 0) is 12.8 Å². The topological polar surface area (TPSA) is 44.5 Å². The summed E-state index contributed by atoms with van der Waals surface area (Å²) in [5.41, 5.74) is 6.16. The summed E-state index contributed by atoms with van der Waals surface area (Å²) in [4.78, 5) is 0. The molecule has 1 heterocycles. The molecule has 1 fully saturated rings. The minimum absolute atomic E-state index is 0.0118. The van der Waals surface area contributed by atoms with Crippen LogP contribution in [0.5, 0.6) is 0 Å². The number of hydrogen-bond donors (Lipinski definition) is 1. The molecule has 0 amide bonds. The van der Waals surface area contributed by atoms with E-state index in [2.05, 4.69) is 26.0 Å². The lowest BCUT2D eigenvalue weighted by molar-refractivity contribution is -0.0899. The molecule has 3 nitrogen and oxygen atoms in total. The molecule has 17 heavy (non-hydrogen) atoms. The van der Waals surface area contributed by atoms with Crippen LogP contribution in [-0.2, 0) is 9.47 Å². The fourth-order valence-corrected chi connectivity index (χ4v) is 2.35. The highest BCUT2D eigenvalue weighted by atomic mass is 16.5. The molecule has 0 aromatic carbocycles. The van der Waals surface area contributed by atoms with Crippen LogP contribution in [0.15, 0.2) is 12.2 Å². The molecule has 0 radical (unpaired) electrons. The Labute approximate surface area is 105 Å². The van der Waals surface area contributed by atoms with E-state index in [4.69, 9.17) is 15.2 Å². The monoisotopic (exact) mass is 241 g/mol. The molecule has 0 aromatic rings. The maximum Gasteiger partial charge on any atom is 0.0932 e. The number of hydrogen-bond acceptors (Lipinski definition) is 3. The highest BCUT2D eigenvalue weighted by molar-refractivity contribution is 5.01. The first kappa shape index (κ1) is 14.7. The Morgan fingerprint density at radius 3 is 2.82 bits per heavy atom. The van der Waals surface area contributed by atoms with Crippen molar-refractivity contribution >= 4 is 0 Å². The van der Waals surface area contributed by atoms with E-state index in [-0.39, 0.29) is 18.2 Å². The van der Waals surface area contributed by atoms with Crippen molar-refractivity contribution < 1.29 is 9.47 Å². The van der Waals surface area contributed by atoms with E-state index >= 15 is 0 Å². The molecule has 0 saturated carbocycles. The Hall–Kier alpha value is -0.380. The maximum absolute atomic E-state index is 6.16. The third kappa shape index (κ3) is 4.41. The summed E-state index contributed by atoms with van der Waals surface area (Å²) in [6.45, 7) is 5.07. The minimum atomic E-state index is -0.0498. The summed E-state index contributed by atoms with van der Waals surface area (Å²) in [6.07, 6.45) is 9.34. The van der Waals surface area contributed by atoms with Gasteiger partial charge in [0.1, 0.15) is 0 Å². The first-order valence-electron chi connectivity index (χ1n) is 6.77. The molecule has 2 N–H and O–H groups in total. The number of rotatable bonds is 6. The molecule has 0 bridgehead atoms. The lowest BCUT2D eigenvalue weighted by Gasteiger charge is -2.37. The van der Waals surface area contributed by atoms with Crippen molar-refractivity contribution in [2.75, 3.05) is 13.7 Å². The summed E-state index contributed by atoms with van der Waals surface area (Å²) in [5.74, 6) is 0.375. The van der Waals surface area contributed by atoms with E-state index < -0.39 is 0 Å². The van der Waals surface area contributed by atoms with Crippen LogP contribution >= 0.6 is 0 Å². The fourth-order valence-electron chi connectivity index (χ4n) is 2.35. The van der Waals surface area contributed by atoms with Crippen molar-refractivity contribution in [1.29, 1.82) is 0 Å². The SMILES string of the molecule is CCCCCC=C[C@@H]1OC[C@H](C)[C@H](OC)[C@H]1N. The summed E-state index contributed by atoms with van der Waals surface area (Å²) < 4.78 is 11.2. The second kappa shape index (κ2) is 7.85. The van der Waals surface area contributed by atoms with Gasteiger partial charge in [0.25, 0.3) is 0 Å². The molecule has 0 aromatic heterocycles. The maximum atomic E-state index is 6.16. The second-order valence-corrected chi connectivity index (χ2v) is 4.98. The van der Waals surface area contributed by atoms with Gasteiger partial charge < -0.3 is 15.2 Å². The third-order valence-electron chi connectivity index (χ3n) is 3.44. The summed E-state index contributed by atoms with van der Waals surface area (Å²) in [7, 11) is 1.73. The van der Waals surface area contributed by atoms with Gasteiger partial charge in [-0.3, -0.25) is 0 Å². The van der Waals surface area contributed by atoms with Gasteiger partial charge in [0.15, 0.2) is 0 Å². The first-order chi connectivity index (χ1) is 8.20. The predicted molar refractivity (Wildman–Crippen MR) is 71.0 cm³/mol. The van der Waals surface area contributed by atoms with Crippen molar-refractivity contribution in [2.24, 2.45) is 11.7 Å². The highest BCUT2D eigenvalue weighted by Gasteiger charge is 2.34. The van der Waals surface area contributed by atoms with Gasteiger partial charge in [0.2, 0.25) is 0 Å². The molecule has 1 aliphatic heterocycles. The standard InChI is InChI=1S/C14H27NO2/c1-4-5-6-7-8-9-12-13(15)14(16-3)11(2)10-17-12/h8-9,11-14H,4-7,10,15H2,1-3H3/t11-,12-,13-,14-/m0/s1. The lowest BCUT2D eigenvalue weighted by Crippen LogP contribution is -2.54. The molecule has 1 saturated heterocycles. The molecular formula is C14H27NO2. The van der Waals surface area contributed by atoms with Crippen LogP contribution in [0.2, 0.25) is 0 Å². The Balaban J connectivity index is 2.37. The largest absolute Gasteiger partial charge is 0.379 e. The molecule has 0 aliphatic carbocycles. The number of methoxy groups -OCH3 is 1. The first-order valence-corrected chi connectivity index (χ1v) is 6.77. The van der Waals surface area contributed by atoms with Gasteiger partial charge in [0, 0.05) is 13.0 Å². The number of allylic oxidation sites excluding steroid dienone is 1. The second-order valence-electron chi connectivity index (χ2n) is 4.98. The Bertz CT molecular complexity index is 230. The number of ether oxygens (including phenoxy) is 2. The Morgan fingerprint density at radius 2 is 2.18 bits per heavy atom. The number of nitrogens with two attached hydrogens (primary N) is 1. The molecule has 4 atom stereocenters. The number of unbranched alkanes of at least 4 members (excludes halogenated alkanes) is 3. The van der Waals surface area contributed by atoms with Crippen LogP contribution in [0.1, 0.15) is 39.5 Å². The molecule has 0 spiro atoms. The zero-order valence-corrected chi connectivity index (χ0v) is 11.4. The van der Waals surface area contributed by atoms with E-state index in [1.807, 2.05) is 0 Å². The normalized spacial score (nSPS) is 34.4. The Morgan fingerprint density at radius 1 is 1.41 bits per heavy atom. The minimum Gasteiger partial charge on any atom is -0.379 e. The Kier molecular flexibility index (Phi) is 6.78. The lowest BCUT2D eigenvalue weighted by atomic mass is 9.91. The quantitative estimate of drug-likeness (QED) is 0.574. The van der Waals surface area contributed by atoms with Gasteiger partial charge in [-0.1, -0.05) is 38.8 Å². The smallest absolute Gasteiger partial charge is 0.0932 e. The van der Waals surface area contributed by atoms with Crippen molar-refractivity contribution in [1.82, 2.24) is 0 Å². The highest BCUT2D eigenvalue weighted by Crippen LogP contribution is 2.21. The molecule has 1 rings (SSSR count). The summed E-state index contributed by atoms with van der Waals surface area (Å²) >= 11 is 0. The van der Waals surface area contributed by atoms with Crippen molar-refractivity contribution in [3.63, 3.8) is 0 Å². The zero-order chi connectivity index (χ0) is 12.7. The van der Waals surface area contributed by atoms with Crippen LogP contribution in [-0.4, -0.2) is 32.0 Å². The van der Waals surface area contributed by atoms with Crippen LogP contribution in [0.3, 0.4) is 0 Å². The van der Waals surface area contributed by atoms with Crippen LogP contribution in [0, 0.1) is 5.92 Å². The van der Waals surface area contributed by atoms with Crippen molar-refractivity contribution in [2.45, 2.75) is 57.8 Å². The van der Waals surface area contributed by atoms with Gasteiger partial charge in [-0.15, -0.1) is 0 Å². The zero-order valence-electron chi connectivity index (χ0n) is 11.4. The average Bonchev–Trinajstić information content (AvgIpc) is 2.32. The van der Waals surface area contributed by atoms with Crippen molar-refractivity contribution in [3.05, 3.63) is 12.2 Å². The van der Waals surface area contributed by atoms with E-state index in [1.165, 1.54) is 19.3 Å². The fraction of sp³-hybridized carbons (Fsp3) is 0.857. The summed E-state index contributed by atoms with van der Waals surface area (Å²) in [5, 5.41) is 0. The molecule has 1 aliphatic rings. The molecular weight excluding hydrogens is 214 g/mol. The van der Waals surface area contributed by atoms with Crippen LogP contribution < -0.4 is 5.73 Å². The van der Waals surface area contributed by atoms with Gasteiger partial charge in [0.05, 0.1) is 24.9 Å². The van der Waals surface area contributed by atoms with Gasteiger partial charge >= 0.3 is 0 Å². The third-order valence-corrected chi connectivity index (χ3v) is 3.44. The average molecular weight is 241 g/mol. The molecule has 0 unspecified atom stereocenters. The molecule has 100 valence electrons. The van der Waals surface area contributed by atoms with E-state index in [1.54, 1.807) is 7.11 Å². The summed E-state index contributed by atoms with van der Waals surface area (Å²) in [6, 6.07) is -0.0498. The van der Waals surface area contributed by atoms with Crippen LogP contribution in [0.4, 0.5) is 0 Å². The van der Waals surface area contributed by atoms with Crippen molar-refractivity contribution in [3.8, 4) is 0 Å². The van der Waals surface area contributed by atoms with E-state index in [0.717, 1.165) is 13.0 Å². The van der Waals surface area contributed by atoms with E-state index in [0.29, 0.717) is 5.92 Å². The predicted octanol–water partition coefficient (Wildman–Crippen LogP) is 2.50. The van der Waals surface area contributed by atoms with E-state index in [9.17, 15) is 0 Å². The van der Waals surface area contributed by atoms with Crippen LogP contribution in [0.25, 0.3) is 0 Å². The van der Waals surface area contributed by atoms with Gasteiger partial charge in [-0.25, -0.2) is 0 Å².